The number of halogens is 2. The number of carbonyl (C=O) groups is 1. The van der Waals surface area contributed by atoms with Crippen LogP contribution in [0.4, 0.5) is 4.39 Å². The first kappa shape index (κ1) is 17.8. The fraction of sp³-hybridized carbons (Fsp3) is 0.158. The van der Waals surface area contributed by atoms with Crippen molar-refractivity contribution in [2.75, 3.05) is 6.54 Å². The SMILES string of the molecule is O=C(NCCn1cc(Cl)cn1)c1cc2sccc2n1Cc1cccc(F)c1. The van der Waals surface area contributed by atoms with E-state index in [0.717, 1.165) is 15.8 Å². The standard InChI is InChI=1S/C19H16ClFN4OS/c20-14-10-23-24(12-14)6-5-22-19(26)17-9-18-16(4-7-27-18)25(17)11-13-2-1-3-15(21)8-13/h1-4,7-10,12H,5-6,11H2,(H,22,26). The summed E-state index contributed by atoms with van der Waals surface area (Å²) >= 11 is 7.41. The van der Waals surface area contributed by atoms with Crippen molar-refractivity contribution < 1.29 is 9.18 Å². The molecule has 1 N–H and O–H groups in total. The fourth-order valence-electron chi connectivity index (χ4n) is 2.99. The quantitative estimate of drug-likeness (QED) is 0.526. The molecule has 3 heterocycles. The highest BCUT2D eigenvalue weighted by Gasteiger charge is 2.16. The summed E-state index contributed by atoms with van der Waals surface area (Å²) < 4.78 is 18.1. The second kappa shape index (κ2) is 7.54. The first-order valence-electron chi connectivity index (χ1n) is 8.37. The Hall–Kier alpha value is -2.64. The number of nitrogens with one attached hydrogen (secondary N) is 1. The number of benzene rings is 1. The minimum atomic E-state index is -0.287. The molecule has 0 fully saturated rings. The first-order valence-corrected chi connectivity index (χ1v) is 9.63. The second-order valence-electron chi connectivity index (χ2n) is 6.09. The third kappa shape index (κ3) is 3.89. The summed E-state index contributed by atoms with van der Waals surface area (Å²) in [5.41, 5.74) is 2.33. The van der Waals surface area contributed by atoms with Gasteiger partial charge in [0.15, 0.2) is 0 Å². The van der Waals surface area contributed by atoms with E-state index in [4.69, 9.17) is 11.6 Å². The largest absolute Gasteiger partial charge is 0.349 e. The zero-order valence-corrected chi connectivity index (χ0v) is 15.8. The highest BCUT2D eigenvalue weighted by atomic mass is 35.5. The molecule has 0 aliphatic rings. The van der Waals surface area contributed by atoms with Crippen LogP contribution in [0.15, 0.2) is 54.2 Å². The van der Waals surface area contributed by atoms with Crippen LogP contribution in [0.1, 0.15) is 16.1 Å². The average molecular weight is 403 g/mol. The van der Waals surface area contributed by atoms with Crippen molar-refractivity contribution in [1.29, 1.82) is 0 Å². The molecule has 8 heteroatoms. The average Bonchev–Trinajstić information content (AvgIpc) is 3.33. The molecule has 0 aliphatic heterocycles. The number of rotatable bonds is 6. The van der Waals surface area contributed by atoms with E-state index in [1.54, 1.807) is 34.5 Å². The highest BCUT2D eigenvalue weighted by Crippen LogP contribution is 2.26. The molecule has 1 aromatic carbocycles. The molecular weight excluding hydrogens is 387 g/mol. The molecule has 138 valence electrons. The molecule has 4 aromatic rings. The second-order valence-corrected chi connectivity index (χ2v) is 7.48. The summed E-state index contributed by atoms with van der Waals surface area (Å²) in [6.07, 6.45) is 3.26. The normalized spacial score (nSPS) is 11.2. The smallest absolute Gasteiger partial charge is 0.268 e. The summed E-state index contributed by atoms with van der Waals surface area (Å²) in [5.74, 6) is -0.460. The number of aromatic nitrogens is 3. The van der Waals surface area contributed by atoms with Crippen molar-refractivity contribution in [2.45, 2.75) is 13.1 Å². The Morgan fingerprint density at radius 3 is 2.96 bits per heavy atom. The van der Waals surface area contributed by atoms with E-state index in [0.29, 0.717) is 30.4 Å². The maximum atomic E-state index is 13.5. The molecule has 0 aliphatic carbocycles. The number of nitrogens with zero attached hydrogens (tertiary/aromatic N) is 3. The molecule has 0 unspecified atom stereocenters. The fourth-order valence-corrected chi connectivity index (χ4v) is 3.97. The van der Waals surface area contributed by atoms with Gasteiger partial charge in [-0.2, -0.15) is 5.10 Å². The molecule has 0 radical (unpaired) electrons. The van der Waals surface area contributed by atoms with Gasteiger partial charge < -0.3 is 9.88 Å². The monoisotopic (exact) mass is 402 g/mol. The van der Waals surface area contributed by atoms with E-state index in [1.807, 2.05) is 28.1 Å². The molecule has 27 heavy (non-hydrogen) atoms. The van der Waals surface area contributed by atoms with Gasteiger partial charge >= 0.3 is 0 Å². The molecular formula is C19H16ClFN4OS. The Balaban J connectivity index is 1.53. The van der Waals surface area contributed by atoms with Gasteiger partial charge in [0.05, 0.1) is 28.0 Å². The lowest BCUT2D eigenvalue weighted by atomic mass is 10.2. The molecule has 0 saturated heterocycles. The van der Waals surface area contributed by atoms with Crippen molar-refractivity contribution >= 4 is 39.1 Å². The lowest BCUT2D eigenvalue weighted by Gasteiger charge is -2.11. The van der Waals surface area contributed by atoms with E-state index >= 15 is 0 Å². The summed E-state index contributed by atoms with van der Waals surface area (Å²) in [6.45, 7) is 1.38. The van der Waals surface area contributed by atoms with Gasteiger partial charge in [0, 0.05) is 19.3 Å². The Morgan fingerprint density at radius 1 is 1.30 bits per heavy atom. The number of carbonyl (C=O) groups excluding carboxylic acids is 1. The number of amides is 1. The summed E-state index contributed by atoms with van der Waals surface area (Å²) in [5, 5.41) is 9.54. The van der Waals surface area contributed by atoms with Crippen molar-refractivity contribution in [3.05, 3.63) is 76.3 Å². The van der Waals surface area contributed by atoms with Crippen molar-refractivity contribution in [3.8, 4) is 0 Å². The van der Waals surface area contributed by atoms with Crippen LogP contribution in [0.2, 0.25) is 5.02 Å². The predicted molar refractivity (Wildman–Crippen MR) is 105 cm³/mol. The van der Waals surface area contributed by atoms with Crippen LogP contribution in [-0.4, -0.2) is 26.8 Å². The number of hydrogen-bond acceptors (Lipinski definition) is 3. The van der Waals surface area contributed by atoms with Gasteiger partial charge in [-0.05, 0) is 35.2 Å². The maximum absolute atomic E-state index is 13.5. The van der Waals surface area contributed by atoms with E-state index in [2.05, 4.69) is 10.4 Å². The van der Waals surface area contributed by atoms with Gasteiger partial charge in [-0.15, -0.1) is 11.3 Å². The van der Waals surface area contributed by atoms with Gasteiger partial charge in [-0.3, -0.25) is 9.48 Å². The Kier molecular flexibility index (Phi) is 4.96. The Morgan fingerprint density at radius 2 is 2.19 bits per heavy atom. The predicted octanol–water partition coefficient (Wildman–Crippen LogP) is 4.17. The van der Waals surface area contributed by atoms with E-state index in [1.165, 1.54) is 12.1 Å². The van der Waals surface area contributed by atoms with E-state index < -0.39 is 0 Å². The number of fused-ring (bicyclic) bond motifs is 1. The molecule has 5 nitrogen and oxygen atoms in total. The van der Waals surface area contributed by atoms with Crippen molar-refractivity contribution in [3.63, 3.8) is 0 Å². The van der Waals surface area contributed by atoms with Crippen LogP contribution < -0.4 is 5.32 Å². The molecule has 0 saturated carbocycles. The van der Waals surface area contributed by atoms with E-state index in [9.17, 15) is 9.18 Å². The van der Waals surface area contributed by atoms with Gasteiger partial charge in [0.25, 0.3) is 5.91 Å². The first-order chi connectivity index (χ1) is 13.1. The van der Waals surface area contributed by atoms with Crippen molar-refractivity contribution in [2.24, 2.45) is 0 Å². The zero-order valence-electron chi connectivity index (χ0n) is 14.2. The van der Waals surface area contributed by atoms with Crippen LogP contribution >= 0.6 is 22.9 Å². The number of thiophene rings is 1. The lowest BCUT2D eigenvalue weighted by molar-refractivity contribution is 0.0943. The molecule has 4 rings (SSSR count). The minimum absolute atomic E-state index is 0.173. The van der Waals surface area contributed by atoms with Crippen molar-refractivity contribution in [1.82, 2.24) is 19.7 Å². The molecule has 0 bridgehead atoms. The topological polar surface area (TPSA) is 51.9 Å². The van der Waals surface area contributed by atoms with Crippen LogP contribution in [0, 0.1) is 5.82 Å². The minimum Gasteiger partial charge on any atom is -0.349 e. The molecule has 0 atom stereocenters. The summed E-state index contributed by atoms with van der Waals surface area (Å²) in [6, 6.07) is 10.3. The molecule has 3 aromatic heterocycles. The summed E-state index contributed by atoms with van der Waals surface area (Å²) in [7, 11) is 0. The number of hydrogen-bond donors (Lipinski definition) is 1. The van der Waals surface area contributed by atoms with E-state index in [-0.39, 0.29) is 11.7 Å². The summed E-state index contributed by atoms with van der Waals surface area (Å²) in [4.78, 5) is 12.7. The van der Waals surface area contributed by atoms with Gasteiger partial charge in [-0.25, -0.2) is 4.39 Å². The van der Waals surface area contributed by atoms with Crippen LogP contribution in [0.3, 0.4) is 0 Å². The zero-order chi connectivity index (χ0) is 18.8. The Bertz CT molecular complexity index is 1100. The third-order valence-corrected chi connectivity index (χ3v) is 5.26. The van der Waals surface area contributed by atoms with Gasteiger partial charge in [-0.1, -0.05) is 23.7 Å². The van der Waals surface area contributed by atoms with Crippen LogP contribution in [0.25, 0.3) is 10.2 Å². The lowest BCUT2D eigenvalue weighted by Crippen LogP contribution is -2.29. The van der Waals surface area contributed by atoms with Crippen LogP contribution in [-0.2, 0) is 13.1 Å². The molecule has 0 spiro atoms. The van der Waals surface area contributed by atoms with Gasteiger partial charge in [0.1, 0.15) is 11.5 Å². The highest BCUT2D eigenvalue weighted by molar-refractivity contribution is 7.17. The van der Waals surface area contributed by atoms with Gasteiger partial charge in [0.2, 0.25) is 0 Å². The Labute approximate surface area is 164 Å². The molecule has 1 amide bonds. The van der Waals surface area contributed by atoms with Crippen LogP contribution in [0.5, 0.6) is 0 Å². The third-order valence-electron chi connectivity index (χ3n) is 4.21. The maximum Gasteiger partial charge on any atom is 0.268 e.